The van der Waals surface area contributed by atoms with Crippen LogP contribution in [0, 0.1) is 0 Å². The van der Waals surface area contributed by atoms with Crippen molar-refractivity contribution in [3.63, 3.8) is 0 Å². The van der Waals surface area contributed by atoms with Crippen molar-refractivity contribution in [1.82, 2.24) is 13.5 Å². The van der Waals surface area contributed by atoms with Crippen LogP contribution in [0.2, 0.25) is 0 Å². The van der Waals surface area contributed by atoms with Gasteiger partial charge in [-0.25, -0.2) is 8.42 Å². The van der Waals surface area contributed by atoms with Gasteiger partial charge in [0.2, 0.25) is 0 Å². The fourth-order valence-electron chi connectivity index (χ4n) is 4.16. The lowest BCUT2D eigenvalue weighted by Crippen LogP contribution is -2.54. The van der Waals surface area contributed by atoms with Gasteiger partial charge in [-0.15, -0.1) is 0 Å². The van der Waals surface area contributed by atoms with Gasteiger partial charge in [-0.2, -0.15) is 17.0 Å². The molecule has 2 fully saturated rings. The van der Waals surface area contributed by atoms with Crippen LogP contribution < -0.4 is 4.74 Å². The van der Waals surface area contributed by atoms with Crippen LogP contribution >= 0.6 is 0 Å². The fourth-order valence-corrected chi connectivity index (χ4v) is 7.05. The van der Waals surface area contributed by atoms with Gasteiger partial charge in [0.05, 0.1) is 17.8 Å². The van der Waals surface area contributed by atoms with E-state index in [0.29, 0.717) is 38.5 Å². The van der Waals surface area contributed by atoms with E-state index in [1.807, 2.05) is 4.90 Å². The van der Waals surface area contributed by atoms with Crippen LogP contribution in [-0.4, -0.2) is 89.0 Å². The molecule has 170 valence electrons. The number of sulfone groups is 1. The molecule has 0 aromatic heterocycles. The molecule has 0 atom stereocenters. The normalized spacial score (nSPS) is 20.5. The summed E-state index contributed by atoms with van der Waals surface area (Å²) in [5.41, 5.74) is 0. The summed E-state index contributed by atoms with van der Waals surface area (Å²) in [6.45, 7) is 2.22. The van der Waals surface area contributed by atoms with Crippen LogP contribution in [0.25, 0.3) is 0 Å². The van der Waals surface area contributed by atoms with E-state index in [4.69, 9.17) is 4.74 Å². The molecule has 0 spiro atoms. The summed E-state index contributed by atoms with van der Waals surface area (Å²) in [6, 6.07) is 6.57. The van der Waals surface area contributed by atoms with Gasteiger partial charge in [0.25, 0.3) is 10.2 Å². The minimum Gasteiger partial charge on any atom is -0.497 e. The third-order valence-corrected chi connectivity index (χ3v) is 9.92. The Labute approximate surface area is 180 Å². The molecule has 3 rings (SSSR count). The highest BCUT2D eigenvalue weighted by Gasteiger charge is 2.34. The summed E-state index contributed by atoms with van der Waals surface area (Å²) < 4.78 is 59.4. The quantitative estimate of drug-likeness (QED) is 0.587. The highest BCUT2D eigenvalue weighted by Crippen LogP contribution is 2.25. The summed E-state index contributed by atoms with van der Waals surface area (Å²) >= 11 is 0. The van der Waals surface area contributed by atoms with E-state index in [2.05, 4.69) is 0 Å². The highest BCUT2D eigenvalue weighted by molar-refractivity contribution is 7.91. The minimum atomic E-state index is -3.47. The number of ether oxygens (including phenoxy) is 1. The number of rotatable bonds is 8. The maximum absolute atomic E-state index is 13.0. The third-order valence-electron chi connectivity index (χ3n) is 6.19. The van der Waals surface area contributed by atoms with Gasteiger partial charge in [0, 0.05) is 45.8 Å². The summed E-state index contributed by atoms with van der Waals surface area (Å²) in [6.07, 6.45) is 5.21. The third kappa shape index (κ3) is 5.53. The average Bonchev–Trinajstić information content (AvgIpc) is 2.78. The topological polar surface area (TPSA) is 87.2 Å². The Morgan fingerprint density at radius 3 is 2.33 bits per heavy atom. The molecule has 0 radical (unpaired) electrons. The van der Waals surface area contributed by atoms with Gasteiger partial charge >= 0.3 is 0 Å². The summed E-state index contributed by atoms with van der Waals surface area (Å²) in [5, 5.41) is 0. The lowest BCUT2D eigenvalue weighted by Gasteiger charge is -2.38. The Morgan fingerprint density at radius 1 is 1.03 bits per heavy atom. The van der Waals surface area contributed by atoms with Crippen LogP contribution in [0.15, 0.2) is 29.2 Å². The zero-order chi connectivity index (χ0) is 21.8. The largest absolute Gasteiger partial charge is 0.497 e. The van der Waals surface area contributed by atoms with E-state index in [9.17, 15) is 16.8 Å². The van der Waals surface area contributed by atoms with Crippen LogP contribution in [0.4, 0.5) is 0 Å². The van der Waals surface area contributed by atoms with Crippen molar-refractivity contribution in [3.05, 3.63) is 24.3 Å². The molecule has 0 N–H and O–H groups in total. The molecule has 1 aliphatic heterocycles. The molecule has 1 aliphatic carbocycles. The van der Waals surface area contributed by atoms with E-state index in [1.54, 1.807) is 29.6 Å². The van der Waals surface area contributed by atoms with E-state index in [-0.39, 0.29) is 16.7 Å². The van der Waals surface area contributed by atoms with Crippen LogP contribution in [0.5, 0.6) is 5.75 Å². The van der Waals surface area contributed by atoms with Gasteiger partial charge in [0.15, 0.2) is 9.84 Å². The molecule has 2 aliphatic rings. The maximum Gasteiger partial charge on any atom is 0.282 e. The Hall–Kier alpha value is -1.20. The monoisotopic (exact) mass is 459 g/mol. The molecule has 0 unspecified atom stereocenters. The summed E-state index contributed by atoms with van der Waals surface area (Å²) in [4.78, 5) is 2.27. The van der Waals surface area contributed by atoms with E-state index in [1.165, 1.54) is 23.9 Å². The van der Waals surface area contributed by atoms with Crippen molar-refractivity contribution in [2.45, 2.75) is 43.0 Å². The molecule has 10 heteroatoms. The lowest BCUT2D eigenvalue weighted by atomic mass is 9.96. The predicted octanol–water partition coefficient (Wildman–Crippen LogP) is 1.60. The Bertz CT molecular complexity index is 906. The standard InChI is InChI=1S/C20H33N3O5S2/c1-21(18-7-4-3-5-8-18)30(26,27)23-13-11-22(12-14-23)15-16-29(24,25)20-10-6-9-19(17-20)28-2/h6,9-10,17-18H,3-5,7-8,11-16H2,1-2H3. The van der Waals surface area contributed by atoms with Crippen molar-refractivity contribution in [3.8, 4) is 5.75 Å². The molecule has 1 heterocycles. The zero-order valence-electron chi connectivity index (χ0n) is 17.9. The molecule has 1 saturated heterocycles. The fraction of sp³-hybridized carbons (Fsp3) is 0.700. The van der Waals surface area contributed by atoms with Gasteiger partial charge in [-0.3, -0.25) is 4.90 Å². The van der Waals surface area contributed by atoms with Gasteiger partial charge in [0.1, 0.15) is 5.75 Å². The summed E-state index contributed by atoms with van der Waals surface area (Å²) in [5.74, 6) is 0.506. The van der Waals surface area contributed by atoms with Gasteiger partial charge < -0.3 is 4.74 Å². The molecule has 0 bridgehead atoms. The van der Waals surface area contributed by atoms with Crippen molar-refractivity contribution in [2.24, 2.45) is 0 Å². The van der Waals surface area contributed by atoms with Crippen molar-refractivity contribution in [1.29, 1.82) is 0 Å². The number of methoxy groups -OCH3 is 1. The van der Waals surface area contributed by atoms with Crippen molar-refractivity contribution < 1.29 is 21.6 Å². The second-order valence-electron chi connectivity index (χ2n) is 8.05. The van der Waals surface area contributed by atoms with E-state index < -0.39 is 20.0 Å². The number of nitrogens with zero attached hydrogens (tertiary/aromatic N) is 3. The maximum atomic E-state index is 13.0. The molecule has 0 amide bonds. The first-order valence-corrected chi connectivity index (χ1v) is 13.6. The molecule has 1 aromatic carbocycles. The number of hydrogen-bond donors (Lipinski definition) is 0. The molecular formula is C20H33N3O5S2. The SMILES string of the molecule is COc1cccc(S(=O)(=O)CCN2CCN(S(=O)(=O)N(C)C3CCCCC3)CC2)c1. The lowest BCUT2D eigenvalue weighted by molar-refractivity contribution is 0.183. The smallest absolute Gasteiger partial charge is 0.282 e. The Morgan fingerprint density at radius 2 is 1.70 bits per heavy atom. The second-order valence-corrected chi connectivity index (χ2v) is 12.2. The first kappa shape index (κ1) is 23.5. The number of hydrogen-bond acceptors (Lipinski definition) is 6. The average molecular weight is 460 g/mol. The van der Waals surface area contributed by atoms with Crippen molar-refractivity contribution >= 4 is 20.0 Å². The molecule has 1 saturated carbocycles. The molecule has 30 heavy (non-hydrogen) atoms. The molecule has 8 nitrogen and oxygen atoms in total. The Balaban J connectivity index is 1.52. The van der Waals surface area contributed by atoms with E-state index in [0.717, 1.165) is 25.7 Å². The van der Waals surface area contributed by atoms with Crippen molar-refractivity contribution in [2.75, 3.05) is 52.6 Å². The zero-order valence-corrected chi connectivity index (χ0v) is 19.5. The molecule has 1 aromatic rings. The van der Waals surface area contributed by atoms with Crippen LogP contribution in [-0.2, 0) is 20.0 Å². The van der Waals surface area contributed by atoms with E-state index >= 15 is 0 Å². The Kier molecular flexibility index (Phi) is 7.78. The van der Waals surface area contributed by atoms with Gasteiger partial charge in [-0.05, 0) is 31.0 Å². The minimum absolute atomic E-state index is 0.00507. The predicted molar refractivity (Wildman–Crippen MR) is 117 cm³/mol. The first-order valence-electron chi connectivity index (χ1n) is 10.6. The highest BCUT2D eigenvalue weighted by atomic mass is 32.2. The van der Waals surface area contributed by atoms with Gasteiger partial charge in [-0.1, -0.05) is 25.3 Å². The number of piperazine rings is 1. The number of benzene rings is 1. The van der Waals surface area contributed by atoms with Crippen LogP contribution in [0.1, 0.15) is 32.1 Å². The molecular weight excluding hydrogens is 426 g/mol. The van der Waals surface area contributed by atoms with Crippen LogP contribution in [0.3, 0.4) is 0 Å². The summed E-state index contributed by atoms with van der Waals surface area (Å²) in [7, 11) is -3.70. The first-order chi connectivity index (χ1) is 14.2. The second kappa shape index (κ2) is 9.95.